The molecule has 6 nitrogen and oxygen atoms in total. The summed E-state index contributed by atoms with van der Waals surface area (Å²) < 4.78 is 42.1. The summed E-state index contributed by atoms with van der Waals surface area (Å²) in [4.78, 5) is 5.57. The summed E-state index contributed by atoms with van der Waals surface area (Å²) >= 11 is 0. The molecule has 2 atom stereocenters. The fourth-order valence-corrected chi connectivity index (χ4v) is 2.95. The number of aliphatic hydroxyl groups excluding tert-OH is 1. The first-order chi connectivity index (χ1) is 11.9. The molecule has 1 aromatic heterocycles. The minimum atomic E-state index is -4.66. The van der Waals surface area contributed by atoms with Gasteiger partial charge in [0.25, 0.3) is 0 Å². The summed E-state index contributed by atoms with van der Waals surface area (Å²) in [6.07, 6.45) is -4.21. The second-order valence-electron chi connectivity index (χ2n) is 6.09. The zero-order chi connectivity index (χ0) is 18.0. The van der Waals surface area contributed by atoms with Crippen molar-refractivity contribution in [2.75, 3.05) is 26.7 Å². The SMILES string of the molecule is CN[C@H](CN1CC[C@@H](O)C1)c1cccc(-c2noc(C(F)(F)F)n2)c1.S.S. The Balaban J connectivity index is 0.00000182. The largest absolute Gasteiger partial charge is 0.471 e. The van der Waals surface area contributed by atoms with E-state index in [0.717, 1.165) is 18.5 Å². The molecule has 0 radical (unpaired) electrons. The Morgan fingerprint density at radius 2 is 2.11 bits per heavy atom. The smallest absolute Gasteiger partial charge is 0.392 e. The average Bonchev–Trinajstić information content (AvgIpc) is 3.21. The van der Waals surface area contributed by atoms with Crippen molar-refractivity contribution in [2.24, 2.45) is 0 Å². The molecule has 1 aliphatic heterocycles. The van der Waals surface area contributed by atoms with E-state index in [0.29, 0.717) is 18.7 Å². The standard InChI is InChI=1S/C16H19F3N4O2.2H2S/c1-20-13(9-23-6-5-12(24)8-23)10-3-2-4-11(7-10)14-21-15(25-22-14)16(17,18)19;;/h2-4,7,12-13,20,24H,5-6,8-9H2,1H3;2*1H2/t12-,13-;;/m1../s1. The van der Waals surface area contributed by atoms with E-state index in [1.165, 1.54) is 0 Å². The van der Waals surface area contributed by atoms with Crippen molar-refractivity contribution < 1.29 is 22.8 Å². The molecule has 2 heterocycles. The first kappa shape index (κ1) is 23.8. The van der Waals surface area contributed by atoms with Crippen molar-refractivity contribution >= 4 is 27.0 Å². The number of aromatic nitrogens is 2. The van der Waals surface area contributed by atoms with Gasteiger partial charge in [0.1, 0.15) is 0 Å². The average molecular weight is 425 g/mol. The van der Waals surface area contributed by atoms with Gasteiger partial charge in [0.05, 0.1) is 6.10 Å². The molecule has 0 bridgehead atoms. The Morgan fingerprint density at radius 3 is 2.67 bits per heavy atom. The summed E-state index contributed by atoms with van der Waals surface area (Å²) in [5, 5.41) is 16.3. The highest BCUT2D eigenvalue weighted by Crippen LogP contribution is 2.30. The van der Waals surface area contributed by atoms with Crippen LogP contribution < -0.4 is 5.32 Å². The van der Waals surface area contributed by atoms with Crippen molar-refractivity contribution in [1.29, 1.82) is 0 Å². The third kappa shape index (κ3) is 5.85. The first-order valence-electron chi connectivity index (χ1n) is 7.95. The molecule has 27 heavy (non-hydrogen) atoms. The number of nitrogens with zero attached hydrogens (tertiary/aromatic N) is 3. The van der Waals surface area contributed by atoms with Gasteiger partial charge in [-0.05, 0) is 25.1 Å². The van der Waals surface area contributed by atoms with Crippen LogP contribution in [0.5, 0.6) is 0 Å². The Morgan fingerprint density at radius 1 is 1.37 bits per heavy atom. The highest BCUT2D eigenvalue weighted by atomic mass is 32.1. The maximum absolute atomic E-state index is 12.6. The van der Waals surface area contributed by atoms with E-state index < -0.39 is 12.1 Å². The quantitative estimate of drug-likeness (QED) is 0.767. The van der Waals surface area contributed by atoms with Crippen molar-refractivity contribution in [3.63, 3.8) is 0 Å². The highest BCUT2D eigenvalue weighted by Gasteiger charge is 2.38. The number of rotatable bonds is 5. The first-order valence-corrected chi connectivity index (χ1v) is 7.95. The third-order valence-corrected chi connectivity index (χ3v) is 4.25. The van der Waals surface area contributed by atoms with Crippen molar-refractivity contribution in [1.82, 2.24) is 20.4 Å². The Kier molecular flexibility index (Phi) is 8.61. The predicted octanol–water partition coefficient (Wildman–Crippen LogP) is 2.31. The lowest BCUT2D eigenvalue weighted by molar-refractivity contribution is -0.159. The van der Waals surface area contributed by atoms with E-state index in [2.05, 4.69) is 24.9 Å². The fourth-order valence-electron chi connectivity index (χ4n) is 2.95. The fraction of sp³-hybridized carbons (Fsp3) is 0.500. The number of hydrogen-bond acceptors (Lipinski definition) is 6. The summed E-state index contributed by atoms with van der Waals surface area (Å²) in [6.45, 7) is 2.13. The monoisotopic (exact) mass is 424 g/mol. The molecule has 1 aromatic carbocycles. The van der Waals surface area contributed by atoms with Crippen LogP contribution in [0.1, 0.15) is 23.9 Å². The zero-order valence-electron chi connectivity index (χ0n) is 14.6. The minimum Gasteiger partial charge on any atom is -0.392 e. The predicted molar refractivity (Wildman–Crippen MR) is 104 cm³/mol. The number of alkyl halides is 3. The third-order valence-electron chi connectivity index (χ3n) is 4.25. The Hall–Kier alpha value is -1.27. The zero-order valence-corrected chi connectivity index (χ0v) is 16.6. The van der Waals surface area contributed by atoms with Crippen LogP contribution in [0.15, 0.2) is 28.8 Å². The molecule has 0 unspecified atom stereocenters. The number of aliphatic hydroxyl groups is 1. The van der Waals surface area contributed by atoms with E-state index in [1.54, 1.807) is 18.2 Å². The van der Waals surface area contributed by atoms with Crippen LogP contribution in [-0.4, -0.2) is 52.9 Å². The molecule has 0 spiro atoms. The lowest BCUT2D eigenvalue weighted by Gasteiger charge is -2.23. The lowest BCUT2D eigenvalue weighted by Crippen LogP contribution is -2.33. The molecule has 0 aliphatic carbocycles. The molecule has 152 valence electrons. The van der Waals surface area contributed by atoms with Gasteiger partial charge < -0.3 is 14.9 Å². The molecule has 1 saturated heterocycles. The van der Waals surface area contributed by atoms with Gasteiger partial charge in [-0.15, -0.1) is 0 Å². The van der Waals surface area contributed by atoms with E-state index in [-0.39, 0.29) is 45.0 Å². The number of halogens is 3. The summed E-state index contributed by atoms with van der Waals surface area (Å²) in [6, 6.07) is 7.00. The maximum atomic E-state index is 12.6. The lowest BCUT2D eigenvalue weighted by atomic mass is 10.0. The maximum Gasteiger partial charge on any atom is 0.471 e. The highest BCUT2D eigenvalue weighted by molar-refractivity contribution is 7.59. The number of nitrogens with one attached hydrogen (secondary N) is 1. The molecular weight excluding hydrogens is 401 g/mol. The van der Waals surface area contributed by atoms with E-state index in [4.69, 9.17) is 0 Å². The molecule has 3 rings (SSSR count). The molecule has 1 fully saturated rings. The molecular formula is C16H23F3N4O2S2. The number of hydrogen-bond donors (Lipinski definition) is 2. The van der Waals surface area contributed by atoms with Crippen LogP contribution in [-0.2, 0) is 6.18 Å². The van der Waals surface area contributed by atoms with Gasteiger partial charge in [-0.1, -0.05) is 23.4 Å². The van der Waals surface area contributed by atoms with Crippen molar-refractivity contribution in [3.05, 3.63) is 35.7 Å². The van der Waals surface area contributed by atoms with Gasteiger partial charge in [-0.25, -0.2) is 0 Å². The van der Waals surface area contributed by atoms with E-state index in [9.17, 15) is 18.3 Å². The van der Waals surface area contributed by atoms with Gasteiger partial charge in [0, 0.05) is 31.2 Å². The van der Waals surface area contributed by atoms with Crippen molar-refractivity contribution in [3.8, 4) is 11.4 Å². The van der Waals surface area contributed by atoms with Crippen LogP contribution in [0.2, 0.25) is 0 Å². The van der Waals surface area contributed by atoms with Crippen molar-refractivity contribution in [2.45, 2.75) is 24.7 Å². The number of benzene rings is 1. The Labute approximate surface area is 169 Å². The number of β-amino-alcohol motifs (C(OH)–C–C–N with tert-alkyl or cyclic N) is 1. The second kappa shape index (κ2) is 9.78. The summed E-state index contributed by atoms with van der Waals surface area (Å²) in [5.74, 6) is -1.45. The van der Waals surface area contributed by atoms with Gasteiger partial charge in [0.15, 0.2) is 0 Å². The van der Waals surface area contributed by atoms with Crippen LogP contribution in [0.3, 0.4) is 0 Å². The topological polar surface area (TPSA) is 74.4 Å². The molecule has 2 aromatic rings. The van der Waals surface area contributed by atoms with E-state index >= 15 is 0 Å². The Bertz CT molecular complexity index is 730. The minimum absolute atomic E-state index is 0. The number of likely N-dealkylation sites (N-methyl/N-ethyl adjacent to an activating group) is 1. The van der Waals surface area contributed by atoms with Gasteiger partial charge in [-0.2, -0.15) is 45.1 Å². The van der Waals surface area contributed by atoms with Crippen LogP contribution in [0.25, 0.3) is 11.4 Å². The van der Waals surface area contributed by atoms with E-state index in [1.807, 2.05) is 13.1 Å². The normalized spacial score (nSPS) is 18.6. The molecule has 2 N–H and O–H groups in total. The second-order valence-corrected chi connectivity index (χ2v) is 6.09. The molecule has 0 saturated carbocycles. The van der Waals surface area contributed by atoms with Crippen LogP contribution in [0.4, 0.5) is 13.2 Å². The number of likely N-dealkylation sites (tertiary alicyclic amines) is 1. The van der Waals surface area contributed by atoms with Gasteiger partial charge in [-0.3, -0.25) is 4.90 Å². The summed E-state index contributed by atoms with van der Waals surface area (Å²) in [5.41, 5.74) is 1.36. The molecule has 1 aliphatic rings. The van der Waals surface area contributed by atoms with Gasteiger partial charge in [0.2, 0.25) is 5.82 Å². The molecule has 0 amide bonds. The van der Waals surface area contributed by atoms with Gasteiger partial charge >= 0.3 is 12.1 Å². The van der Waals surface area contributed by atoms with Crippen LogP contribution in [0, 0.1) is 0 Å². The molecule has 11 heteroatoms. The van der Waals surface area contributed by atoms with Crippen LogP contribution >= 0.6 is 27.0 Å². The summed E-state index contributed by atoms with van der Waals surface area (Å²) in [7, 11) is 1.82.